The van der Waals surface area contributed by atoms with Crippen molar-refractivity contribution in [1.82, 2.24) is 0 Å². The van der Waals surface area contributed by atoms with Crippen molar-refractivity contribution < 1.29 is 13.0 Å². The minimum absolute atomic E-state index is 1.09. The van der Waals surface area contributed by atoms with Gasteiger partial charge in [-0.1, -0.05) is 0 Å². The van der Waals surface area contributed by atoms with E-state index in [1.807, 2.05) is 6.26 Å². The second-order valence-corrected chi connectivity index (χ2v) is 2.94. The molecular formula is C3H9O3PS. The molecule has 0 rings (SSSR count). The van der Waals surface area contributed by atoms with Gasteiger partial charge < -0.3 is 9.05 Å². The first-order valence-corrected chi connectivity index (χ1v) is 4.18. The van der Waals surface area contributed by atoms with Gasteiger partial charge in [0.05, 0.1) is 0 Å². The zero-order valence-corrected chi connectivity index (χ0v) is 6.79. The highest BCUT2D eigenvalue weighted by atomic mass is 32.2. The van der Waals surface area contributed by atoms with Crippen molar-refractivity contribution in [3.63, 3.8) is 0 Å². The van der Waals surface area contributed by atoms with Crippen LogP contribution in [0.1, 0.15) is 0 Å². The van der Waals surface area contributed by atoms with Gasteiger partial charge in [-0.15, -0.1) is 0 Å². The van der Waals surface area contributed by atoms with E-state index in [4.69, 9.17) is 13.0 Å². The standard InChI is InChI=1S/C3H9O3PS/c1-4-7(5-2)6-8-3/h1-3H3. The van der Waals surface area contributed by atoms with E-state index in [1.165, 1.54) is 12.0 Å². The van der Waals surface area contributed by atoms with Gasteiger partial charge in [0.1, 0.15) is 0 Å². The summed E-state index contributed by atoms with van der Waals surface area (Å²) in [6, 6.07) is 0. The molecule has 0 aromatic rings. The maximum atomic E-state index is 4.88. The molecule has 5 heteroatoms. The third-order valence-electron chi connectivity index (χ3n) is 0.434. The summed E-state index contributed by atoms with van der Waals surface area (Å²) in [4.78, 5) is 0. The van der Waals surface area contributed by atoms with Gasteiger partial charge >= 0.3 is 8.60 Å². The van der Waals surface area contributed by atoms with Crippen molar-refractivity contribution >= 4 is 20.6 Å². The van der Waals surface area contributed by atoms with Crippen LogP contribution >= 0.6 is 20.6 Å². The Hall–Kier alpha value is 0.660. The molecule has 0 aromatic carbocycles. The third-order valence-corrected chi connectivity index (χ3v) is 2.11. The molecule has 0 amide bonds. The molecule has 0 fully saturated rings. The first kappa shape index (κ1) is 8.66. The Labute approximate surface area is 54.9 Å². The second-order valence-electron chi connectivity index (χ2n) is 0.830. The smallest absolute Gasteiger partial charge is 0.315 e. The maximum Gasteiger partial charge on any atom is 0.344 e. The summed E-state index contributed by atoms with van der Waals surface area (Å²) in [7, 11) is 2.00. The van der Waals surface area contributed by atoms with Crippen molar-refractivity contribution in [2.24, 2.45) is 0 Å². The molecule has 0 spiro atoms. The lowest BCUT2D eigenvalue weighted by Crippen LogP contribution is -1.80. The van der Waals surface area contributed by atoms with E-state index in [-0.39, 0.29) is 0 Å². The fourth-order valence-electron chi connectivity index (χ4n) is 0.196. The van der Waals surface area contributed by atoms with E-state index < -0.39 is 8.60 Å². The van der Waals surface area contributed by atoms with E-state index in [0.29, 0.717) is 0 Å². The number of hydrogen-bond acceptors (Lipinski definition) is 4. The summed E-state index contributed by atoms with van der Waals surface area (Å²) in [6.45, 7) is 0. The topological polar surface area (TPSA) is 27.7 Å². The van der Waals surface area contributed by atoms with Crippen molar-refractivity contribution in [2.45, 2.75) is 0 Å². The first-order chi connectivity index (χ1) is 3.85. The van der Waals surface area contributed by atoms with Gasteiger partial charge in [-0.05, 0) is 12.0 Å². The van der Waals surface area contributed by atoms with Crippen LogP contribution in [0.2, 0.25) is 0 Å². The highest BCUT2D eigenvalue weighted by Crippen LogP contribution is 2.40. The predicted octanol–water partition coefficient (Wildman–Crippen LogP) is 1.80. The molecule has 0 aliphatic carbocycles. The van der Waals surface area contributed by atoms with Crippen molar-refractivity contribution in [3.8, 4) is 0 Å². The van der Waals surface area contributed by atoms with Crippen LogP contribution in [-0.4, -0.2) is 20.5 Å². The highest BCUT2D eigenvalue weighted by Gasteiger charge is 2.04. The molecular weight excluding hydrogens is 147 g/mol. The molecule has 0 radical (unpaired) electrons. The van der Waals surface area contributed by atoms with Gasteiger partial charge in [-0.2, -0.15) is 0 Å². The summed E-state index contributed by atoms with van der Waals surface area (Å²) in [6.07, 6.45) is 1.81. The zero-order valence-electron chi connectivity index (χ0n) is 5.08. The van der Waals surface area contributed by atoms with Crippen molar-refractivity contribution in [2.75, 3.05) is 20.5 Å². The van der Waals surface area contributed by atoms with Gasteiger partial charge in [0, 0.05) is 20.5 Å². The monoisotopic (exact) mass is 156 g/mol. The van der Waals surface area contributed by atoms with Crippen LogP contribution in [0.25, 0.3) is 0 Å². The molecule has 0 aliphatic heterocycles. The van der Waals surface area contributed by atoms with Gasteiger partial charge in [0.2, 0.25) is 0 Å². The van der Waals surface area contributed by atoms with Crippen LogP contribution in [0.4, 0.5) is 0 Å². The lowest BCUT2D eigenvalue weighted by molar-refractivity contribution is 0.288. The molecule has 0 heterocycles. The molecule has 0 aliphatic rings. The first-order valence-electron chi connectivity index (χ1n) is 1.94. The summed E-state index contributed by atoms with van der Waals surface area (Å²) < 4.78 is 14.4. The maximum absolute atomic E-state index is 4.88. The summed E-state index contributed by atoms with van der Waals surface area (Å²) >= 11 is 1.24. The molecule has 8 heavy (non-hydrogen) atoms. The third kappa shape index (κ3) is 3.64. The van der Waals surface area contributed by atoms with Crippen molar-refractivity contribution in [1.29, 1.82) is 0 Å². The minimum atomic E-state index is -1.09. The Morgan fingerprint density at radius 2 is 1.75 bits per heavy atom. The Balaban J connectivity index is 3.07. The van der Waals surface area contributed by atoms with Crippen LogP contribution in [0.3, 0.4) is 0 Å². The van der Waals surface area contributed by atoms with Crippen LogP contribution < -0.4 is 0 Å². The Morgan fingerprint density at radius 1 is 1.25 bits per heavy atom. The fourth-order valence-corrected chi connectivity index (χ4v) is 1.32. The summed E-state index contributed by atoms with van der Waals surface area (Å²) in [5.41, 5.74) is 0. The van der Waals surface area contributed by atoms with Crippen molar-refractivity contribution in [3.05, 3.63) is 0 Å². The molecule has 0 atom stereocenters. The summed E-state index contributed by atoms with van der Waals surface area (Å²) in [5, 5.41) is 0. The predicted molar refractivity (Wildman–Crippen MR) is 35.5 cm³/mol. The lowest BCUT2D eigenvalue weighted by Gasteiger charge is -2.06. The Morgan fingerprint density at radius 3 is 1.88 bits per heavy atom. The quantitative estimate of drug-likeness (QED) is 0.458. The highest BCUT2D eigenvalue weighted by molar-refractivity contribution is 7.96. The SMILES string of the molecule is COP(OC)OSC. The van der Waals surface area contributed by atoms with Gasteiger partial charge in [0.25, 0.3) is 0 Å². The lowest BCUT2D eigenvalue weighted by atomic mass is 11.8. The van der Waals surface area contributed by atoms with E-state index in [1.54, 1.807) is 14.2 Å². The van der Waals surface area contributed by atoms with Gasteiger partial charge in [-0.25, -0.2) is 3.97 Å². The normalized spacial score (nSPS) is 10.5. The van der Waals surface area contributed by atoms with Gasteiger partial charge in [-0.3, -0.25) is 0 Å². The number of hydrogen-bond donors (Lipinski definition) is 0. The van der Waals surface area contributed by atoms with E-state index in [9.17, 15) is 0 Å². The Bertz CT molecular complexity index is 49.8. The van der Waals surface area contributed by atoms with E-state index >= 15 is 0 Å². The molecule has 0 N–H and O–H groups in total. The Kier molecular flexibility index (Phi) is 6.27. The average molecular weight is 156 g/mol. The second kappa shape index (κ2) is 5.79. The largest absolute Gasteiger partial charge is 0.344 e. The molecule has 0 bridgehead atoms. The average Bonchev–Trinajstić information content (AvgIpc) is 1.83. The van der Waals surface area contributed by atoms with E-state index in [2.05, 4.69) is 0 Å². The van der Waals surface area contributed by atoms with E-state index in [0.717, 1.165) is 0 Å². The molecule has 0 aromatic heterocycles. The van der Waals surface area contributed by atoms with Crippen LogP contribution in [-0.2, 0) is 13.0 Å². The van der Waals surface area contributed by atoms with Gasteiger partial charge in [0.15, 0.2) is 0 Å². The molecule has 3 nitrogen and oxygen atoms in total. The minimum Gasteiger partial charge on any atom is -0.315 e. The van der Waals surface area contributed by atoms with Crippen LogP contribution in [0.5, 0.6) is 0 Å². The van der Waals surface area contributed by atoms with Crippen LogP contribution in [0.15, 0.2) is 0 Å². The molecule has 0 saturated carbocycles. The molecule has 0 saturated heterocycles. The molecule has 50 valence electrons. The van der Waals surface area contributed by atoms with Crippen LogP contribution in [0, 0.1) is 0 Å². The summed E-state index contributed by atoms with van der Waals surface area (Å²) in [5.74, 6) is 0. The molecule has 0 unspecified atom stereocenters. The number of rotatable bonds is 4. The fraction of sp³-hybridized carbons (Fsp3) is 1.00. The zero-order chi connectivity index (χ0) is 6.41.